The van der Waals surface area contributed by atoms with Gasteiger partial charge in [-0.15, -0.1) is 11.3 Å². The van der Waals surface area contributed by atoms with Gasteiger partial charge in [0.25, 0.3) is 0 Å². The Hall–Kier alpha value is -1.88. The van der Waals surface area contributed by atoms with Crippen molar-refractivity contribution in [1.29, 1.82) is 0 Å². The lowest BCUT2D eigenvalue weighted by molar-refractivity contribution is 0.426. The summed E-state index contributed by atoms with van der Waals surface area (Å²) in [5.74, 6) is 0. The van der Waals surface area contributed by atoms with Gasteiger partial charge in [0.05, 0.1) is 0 Å². The van der Waals surface area contributed by atoms with E-state index in [4.69, 9.17) is 0 Å². The van der Waals surface area contributed by atoms with E-state index in [1.54, 1.807) is 17.4 Å². The monoisotopic (exact) mass is 278 g/mol. The lowest BCUT2D eigenvalue weighted by atomic mass is 9.79. The van der Waals surface area contributed by atoms with Crippen LogP contribution in [0.2, 0.25) is 0 Å². The summed E-state index contributed by atoms with van der Waals surface area (Å²) in [5, 5.41) is 23.7. The molecule has 3 aromatic carbocycles. The fourth-order valence-electron chi connectivity index (χ4n) is 2.79. The Morgan fingerprint density at radius 2 is 1.60 bits per heavy atom. The quantitative estimate of drug-likeness (QED) is 0.526. The molecular weight excluding hydrogens is 267 g/mol. The third kappa shape index (κ3) is 1.59. The van der Waals surface area contributed by atoms with Crippen LogP contribution in [-0.4, -0.2) is 17.2 Å². The van der Waals surface area contributed by atoms with Crippen LogP contribution in [0.3, 0.4) is 0 Å². The minimum atomic E-state index is -1.43. The molecule has 4 aromatic rings. The highest BCUT2D eigenvalue weighted by molar-refractivity contribution is 7.27. The summed E-state index contributed by atoms with van der Waals surface area (Å²) in [6, 6.07) is 18.2. The normalized spacial score (nSPS) is 11.5. The lowest BCUT2D eigenvalue weighted by Crippen LogP contribution is -2.29. The molecule has 0 fully saturated rings. The summed E-state index contributed by atoms with van der Waals surface area (Å²) < 4.78 is 2.13. The summed E-state index contributed by atoms with van der Waals surface area (Å²) in [6.45, 7) is 0. The molecule has 0 amide bonds. The zero-order valence-corrected chi connectivity index (χ0v) is 11.4. The highest BCUT2D eigenvalue weighted by atomic mass is 32.1. The Kier molecular flexibility index (Phi) is 2.57. The Labute approximate surface area is 120 Å². The molecule has 2 nitrogen and oxygen atoms in total. The van der Waals surface area contributed by atoms with E-state index in [1.165, 1.54) is 20.9 Å². The van der Waals surface area contributed by atoms with Crippen molar-refractivity contribution in [2.75, 3.05) is 0 Å². The molecule has 0 aliphatic rings. The first-order chi connectivity index (χ1) is 9.75. The third-order valence-corrected chi connectivity index (χ3v) is 4.92. The molecule has 4 rings (SSSR count). The molecule has 0 saturated heterocycles. The zero-order valence-electron chi connectivity index (χ0n) is 10.6. The predicted octanol–water partition coefficient (Wildman–Crippen LogP) is 2.89. The first kappa shape index (κ1) is 11.9. The van der Waals surface area contributed by atoms with Gasteiger partial charge < -0.3 is 10.0 Å². The van der Waals surface area contributed by atoms with Crippen molar-refractivity contribution < 1.29 is 10.0 Å². The lowest BCUT2D eigenvalue weighted by Gasteiger charge is -2.02. The minimum absolute atomic E-state index is 0.577. The molecule has 0 aliphatic heterocycles. The van der Waals surface area contributed by atoms with E-state index in [0.717, 1.165) is 10.1 Å². The summed E-state index contributed by atoms with van der Waals surface area (Å²) in [4.78, 5) is 0. The maximum atomic E-state index is 9.52. The molecule has 96 valence electrons. The summed E-state index contributed by atoms with van der Waals surface area (Å²) in [6.07, 6.45) is 0. The van der Waals surface area contributed by atoms with Crippen molar-refractivity contribution in [2.24, 2.45) is 0 Å². The Balaban J connectivity index is 2.26. The van der Waals surface area contributed by atoms with Crippen molar-refractivity contribution >= 4 is 54.9 Å². The average molecular weight is 278 g/mol. The molecule has 1 heterocycles. The van der Waals surface area contributed by atoms with Gasteiger partial charge in [0.1, 0.15) is 0 Å². The van der Waals surface area contributed by atoms with E-state index in [0.29, 0.717) is 5.46 Å². The highest BCUT2D eigenvalue weighted by Crippen LogP contribution is 2.37. The molecule has 0 atom stereocenters. The number of benzene rings is 3. The van der Waals surface area contributed by atoms with Gasteiger partial charge in [-0.3, -0.25) is 0 Å². The van der Waals surface area contributed by atoms with Gasteiger partial charge in [0.2, 0.25) is 0 Å². The maximum Gasteiger partial charge on any atom is 0.489 e. The van der Waals surface area contributed by atoms with Crippen LogP contribution in [0, 0.1) is 0 Å². The number of hydrogen-bond donors (Lipinski definition) is 2. The van der Waals surface area contributed by atoms with Crippen LogP contribution in [0.5, 0.6) is 0 Å². The molecule has 1 aromatic heterocycles. The second kappa shape index (κ2) is 4.31. The van der Waals surface area contributed by atoms with Crippen molar-refractivity contribution in [3.8, 4) is 0 Å². The Morgan fingerprint density at radius 3 is 2.45 bits per heavy atom. The number of thiophene rings is 1. The van der Waals surface area contributed by atoms with Gasteiger partial charge in [-0.25, -0.2) is 0 Å². The molecule has 4 heteroatoms. The number of hydrogen-bond acceptors (Lipinski definition) is 3. The van der Waals surface area contributed by atoms with Gasteiger partial charge in [0, 0.05) is 20.2 Å². The second-order valence-electron chi connectivity index (χ2n) is 4.86. The fourth-order valence-corrected chi connectivity index (χ4v) is 4.04. The van der Waals surface area contributed by atoms with Crippen LogP contribution in [0.15, 0.2) is 54.6 Å². The smallest absolute Gasteiger partial charge is 0.423 e. The fraction of sp³-hybridized carbons (Fsp3) is 0. The van der Waals surface area contributed by atoms with Crippen LogP contribution in [0.1, 0.15) is 0 Å². The SMILES string of the molecule is OB(O)c1cccc2c1sc1ccc3ccccc3c12. The van der Waals surface area contributed by atoms with E-state index in [-0.39, 0.29) is 0 Å². The van der Waals surface area contributed by atoms with Crippen LogP contribution in [0.4, 0.5) is 0 Å². The minimum Gasteiger partial charge on any atom is -0.423 e. The molecule has 2 N–H and O–H groups in total. The van der Waals surface area contributed by atoms with Gasteiger partial charge >= 0.3 is 7.12 Å². The van der Waals surface area contributed by atoms with E-state index < -0.39 is 7.12 Å². The van der Waals surface area contributed by atoms with Gasteiger partial charge in [-0.2, -0.15) is 0 Å². The maximum absolute atomic E-state index is 9.52. The molecule has 20 heavy (non-hydrogen) atoms. The summed E-state index contributed by atoms with van der Waals surface area (Å²) in [7, 11) is -1.43. The van der Waals surface area contributed by atoms with E-state index >= 15 is 0 Å². The van der Waals surface area contributed by atoms with Crippen molar-refractivity contribution in [1.82, 2.24) is 0 Å². The number of fused-ring (bicyclic) bond motifs is 5. The Morgan fingerprint density at radius 1 is 0.800 bits per heavy atom. The molecule has 0 aliphatic carbocycles. The molecule has 0 unspecified atom stereocenters. The van der Waals surface area contributed by atoms with Crippen LogP contribution in [-0.2, 0) is 0 Å². The second-order valence-corrected chi connectivity index (χ2v) is 5.91. The van der Waals surface area contributed by atoms with E-state index in [9.17, 15) is 10.0 Å². The van der Waals surface area contributed by atoms with Gasteiger partial charge in [0.15, 0.2) is 0 Å². The van der Waals surface area contributed by atoms with E-state index in [2.05, 4.69) is 24.3 Å². The standard InChI is InChI=1S/C16H11BO2S/c18-17(19)13-7-3-6-12-15-11-5-2-1-4-10(11)8-9-14(15)20-16(12)13/h1-9,18-19H. The van der Waals surface area contributed by atoms with Crippen molar-refractivity contribution in [2.45, 2.75) is 0 Å². The average Bonchev–Trinajstić information content (AvgIpc) is 2.85. The van der Waals surface area contributed by atoms with E-state index in [1.807, 2.05) is 24.3 Å². The molecule has 0 saturated carbocycles. The first-order valence-electron chi connectivity index (χ1n) is 6.45. The zero-order chi connectivity index (χ0) is 13.7. The Bertz CT molecular complexity index is 943. The van der Waals surface area contributed by atoms with Crippen LogP contribution >= 0.6 is 11.3 Å². The molecule has 0 spiro atoms. The van der Waals surface area contributed by atoms with Gasteiger partial charge in [-0.05, 0) is 22.3 Å². The summed E-state index contributed by atoms with van der Waals surface area (Å²) in [5.41, 5.74) is 0.577. The van der Waals surface area contributed by atoms with Crippen molar-refractivity contribution in [3.63, 3.8) is 0 Å². The molecule has 0 radical (unpaired) electrons. The van der Waals surface area contributed by atoms with Gasteiger partial charge in [-0.1, -0.05) is 48.5 Å². The highest BCUT2D eigenvalue weighted by Gasteiger charge is 2.18. The number of rotatable bonds is 1. The summed E-state index contributed by atoms with van der Waals surface area (Å²) >= 11 is 1.61. The van der Waals surface area contributed by atoms with Crippen LogP contribution in [0.25, 0.3) is 30.9 Å². The largest absolute Gasteiger partial charge is 0.489 e. The topological polar surface area (TPSA) is 40.5 Å². The first-order valence-corrected chi connectivity index (χ1v) is 7.26. The molecular formula is C16H11BO2S. The van der Waals surface area contributed by atoms with Crippen molar-refractivity contribution in [3.05, 3.63) is 54.6 Å². The predicted molar refractivity (Wildman–Crippen MR) is 86.7 cm³/mol. The molecule has 0 bridgehead atoms. The third-order valence-electron chi connectivity index (χ3n) is 3.70. The van der Waals surface area contributed by atoms with Crippen LogP contribution < -0.4 is 5.46 Å².